The Labute approximate surface area is 297 Å². The maximum atomic E-state index is 13.6. The molecule has 0 bridgehead atoms. The zero-order valence-corrected chi connectivity index (χ0v) is 29.0. The van der Waals surface area contributed by atoms with Crippen molar-refractivity contribution in [2.24, 2.45) is 17.8 Å². The Kier molecular flexibility index (Phi) is 9.79. The molecule has 1 N–H and O–H groups in total. The Bertz CT molecular complexity index is 1910. The maximum Gasteiger partial charge on any atom is 0.387 e. The van der Waals surface area contributed by atoms with Gasteiger partial charge < -0.3 is 29.7 Å². The monoisotopic (exact) mass is 724 g/mol. The van der Waals surface area contributed by atoms with Gasteiger partial charge in [0.1, 0.15) is 23.6 Å². The highest BCUT2D eigenvalue weighted by atomic mass is 35.5. The molecule has 2 unspecified atom stereocenters. The summed E-state index contributed by atoms with van der Waals surface area (Å²) in [6, 6.07) is 5.87. The zero-order chi connectivity index (χ0) is 35.8. The summed E-state index contributed by atoms with van der Waals surface area (Å²) in [5.41, 5.74) is 0.889. The topological polar surface area (TPSA) is 133 Å². The summed E-state index contributed by atoms with van der Waals surface area (Å²) in [6.45, 7) is 2.44. The summed E-state index contributed by atoms with van der Waals surface area (Å²) < 4.78 is 34.4. The molecule has 1 aromatic carbocycles. The van der Waals surface area contributed by atoms with E-state index in [1.807, 2.05) is 9.80 Å². The summed E-state index contributed by atoms with van der Waals surface area (Å²) >= 11 is 6.26. The number of benzene rings is 1. The number of anilines is 1. The van der Waals surface area contributed by atoms with Crippen LogP contribution in [0.4, 0.5) is 19.3 Å². The standard InChI is InChI=1S/C34H39ClF2N10O4/c1-42(2)34(50)44-10-6-21(7-11-44)14-43-15-22-17-45(18-23(22)16-43)29(48)20-46-19-27(40-32(49)26-13-39-47-9-3-8-38-31(26)47)30(41-46)25-12-24(35)4-5-28(25)51-33(36)37/h3-5,8-9,12-13,19,21-23,33H,6-7,10-11,14-18,20H2,1-2H3,(H,40,49). The number of ether oxygens (including phenoxy) is 1. The summed E-state index contributed by atoms with van der Waals surface area (Å²) in [4.78, 5) is 51.5. The molecule has 51 heavy (non-hydrogen) atoms. The van der Waals surface area contributed by atoms with Crippen molar-refractivity contribution in [2.45, 2.75) is 26.0 Å². The Hall–Kier alpha value is -4.83. The van der Waals surface area contributed by atoms with Crippen molar-refractivity contribution in [1.82, 2.24) is 44.0 Å². The molecule has 3 aliphatic heterocycles. The molecule has 270 valence electrons. The Morgan fingerprint density at radius 1 is 1.08 bits per heavy atom. The number of amides is 4. The van der Waals surface area contributed by atoms with Crippen LogP contribution in [0.2, 0.25) is 5.02 Å². The third kappa shape index (κ3) is 7.47. The lowest BCUT2D eigenvalue weighted by molar-refractivity contribution is -0.131. The van der Waals surface area contributed by atoms with E-state index in [1.54, 1.807) is 31.3 Å². The smallest absolute Gasteiger partial charge is 0.387 e. The largest absolute Gasteiger partial charge is 0.434 e. The number of likely N-dealkylation sites (tertiary alicyclic amines) is 3. The lowest BCUT2D eigenvalue weighted by atomic mass is 9.96. The van der Waals surface area contributed by atoms with Gasteiger partial charge in [0.05, 0.1) is 11.9 Å². The fourth-order valence-corrected chi connectivity index (χ4v) is 7.66. The third-order valence-electron chi connectivity index (χ3n) is 9.94. The second-order valence-corrected chi connectivity index (χ2v) is 14.1. The minimum Gasteiger partial charge on any atom is -0.434 e. The first kappa shape index (κ1) is 34.6. The number of piperidine rings is 1. The summed E-state index contributed by atoms with van der Waals surface area (Å²) in [7, 11) is 3.56. The van der Waals surface area contributed by atoms with E-state index in [9.17, 15) is 23.2 Å². The van der Waals surface area contributed by atoms with Gasteiger partial charge in [0.25, 0.3) is 5.91 Å². The number of hydrogen-bond acceptors (Lipinski definition) is 8. The number of hydrogen-bond donors (Lipinski definition) is 1. The van der Waals surface area contributed by atoms with Crippen LogP contribution in [-0.4, -0.2) is 128 Å². The van der Waals surface area contributed by atoms with Crippen LogP contribution < -0.4 is 10.1 Å². The number of urea groups is 1. The van der Waals surface area contributed by atoms with Gasteiger partial charge in [-0.15, -0.1) is 0 Å². The van der Waals surface area contributed by atoms with E-state index in [0.29, 0.717) is 36.5 Å². The van der Waals surface area contributed by atoms with Crippen LogP contribution in [-0.2, 0) is 11.3 Å². The van der Waals surface area contributed by atoms with Crippen molar-refractivity contribution in [1.29, 1.82) is 0 Å². The lowest BCUT2D eigenvalue weighted by Gasteiger charge is -2.35. The highest BCUT2D eigenvalue weighted by Crippen LogP contribution is 2.38. The Morgan fingerprint density at radius 3 is 2.53 bits per heavy atom. The molecule has 0 spiro atoms. The first-order valence-electron chi connectivity index (χ1n) is 16.9. The quantitative estimate of drug-likeness (QED) is 0.275. The van der Waals surface area contributed by atoms with Gasteiger partial charge in [-0.1, -0.05) is 11.6 Å². The number of nitrogens with zero attached hydrogens (tertiary/aromatic N) is 9. The van der Waals surface area contributed by atoms with E-state index in [4.69, 9.17) is 16.3 Å². The molecule has 6 heterocycles. The van der Waals surface area contributed by atoms with Crippen LogP contribution in [0.15, 0.2) is 49.1 Å². The molecule has 7 rings (SSSR count). The number of rotatable bonds is 9. The van der Waals surface area contributed by atoms with Gasteiger partial charge in [-0.2, -0.15) is 19.0 Å². The molecule has 3 aliphatic rings. The first-order valence-corrected chi connectivity index (χ1v) is 17.3. The van der Waals surface area contributed by atoms with Crippen molar-refractivity contribution < 1.29 is 27.9 Å². The molecular formula is C34H39ClF2N10O4. The average molecular weight is 725 g/mol. The fourth-order valence-electron chi connectivity index (χ4n) is 7.49. The molecule has 0 radical (unpaired) electrons. The maximum absolute atomic E-state index is 13.6. The minimum atomic E-state index is -3.12. The van der Waals surface area contributed by atoms with Crippen LogP contribution >= 0.6 is 11.6 Å². The van der Waals surface area contributed by atoms with Crippen LogP contribution in [0.3, 0.4) is 0 Å². The number of halogens is 3. The van der Waals surface area contributed by atoms with Gasteiger partial charge in [0, 0.05) is 89.1 Å². The molecule has 3 aromatic heterocycles. The fraction of sp³-hybridized carbons (Fsp3) is 0.471. The number of carbonyl (C=O) groups is 3. The summed E-state index contributed by atoms with van der Waals surface area (Å²) in [6.07, 6.45) is 8.04. The molecule has 3 fully saturated rings. The second-order valence-electron chi connectivity index (χ2n) is 13.7. The molecule has 0 aliphatic carbocycles. The highest BCUT2D eigenvalue weighted by Gasteiger charge is 2.42. The van der Waals surface area contributed by atoms with Crippen LogP contribution in [0.25, 0.3) is 16.9 Å². The summed E-state index contributed by atoms with van der Waals surface area (Å²) in [5, 5.41) is 11.8. The molecule has 0 saturated carbocycles. The van der Waals surface area contributed by atoms with Crippen LogP contribution in [0, 0.1) is 17.8 Å². The van der Waals surface area contributed by atoms with Gasteiger partial charge in [0.2, 0.25) is 5.91 Å². The van der Waals surface area contributed by atoms with Gasteiger partial charge in [-0.3, -0.25) is 14.3 Å². The van der Waals surface area contributed by atoms with E-state index < -0.39 is 12.5 Å². The number of fused-ring (bicyclic) bond motifs is 2. The van der Waals surface area contributed by atoms with Gasteiger partial charge in [0.15, 0.2) is 5.65 Å². The highest BCUT2D eigenvalue weighted by molar-refractivity contribution is 6.31. The average Bonchev–Trinajstić information content (AvgIpc) is 3.88. The third-order valence-corrected chi connectivity index (χ3v) is 10.2. The normalized spacial score (nSPS) is 19.6. The van der Waals surface area contributed by atoms with Gasteiger partial charge in [-0.25, -0.2) is 14.3 Å². The van der Waals surface area contributed by atoms with Crippen LogP contribution in [0.1, 0.15) is 23.2 Å². The second kappa shape index (κ2) is 14.4. The van der Waals surface area contributed by atoms with E-state index >= 15 is 0 Å². The molecule has 2 atom stereocenters. The Balaban J connectivity index is 1.03. The molecule has 4 aromatic rings. The molecule has 17 heteroatoms. The Morgan fingerprint density at radius 2 is 1.82 bits per heavy atom. The zero-order valence-electron chi connectivity index (χ0n) is 28.3. The first-order chi connectivity index (χ1) is 24.5. The number of aromatic nitrogens is 5. The predicted octanol–water partition coefficient (Wildman–Crippen LogP) is 3.88. The van der Waals surface area contributed by atoms with E-state index in [1.165, 1.54) is 46.0 Å². The van der Waals surface area contributed by atoms with Crippen molar-refractivity contribution in [3.05, 3.63) is 59.6 Å². The predicted molar refractivity (Wildman–Crippen MR) is 184 cm³/mol. The van der Waals surface area contributed by atoms with Gasteiger partial charge >= 0.3 is 12.6 Å². The lowest BCUT2D eigenvalue weighted by Crippen LogP contribution is -2.45. The van der Waals surface area contributed by atoms with Crippen molar-refractivity contribution in [3.8, 4) is 17.0 Å². The van der Waals surface area contributed by atoms with E-state index in [2.05, 4.69) is 25.4 Å². The summed E-state index contributed by atoms with van der Waals surface area (Å²) in [5.74, 6) is 0.400. The van der Waals surface area contributed by atoms with Crippen molar-refractivity contribution in [2.75, 3.05) is 65.2 Å². The van der Waals surface area contributed by atoms with Gasteiger partial charge in [-0.05, 0) is 54.9 Å². The molecular weight excluding hydrogens is 686 g/mol. The number of carbonyl (C=O) groups excluding carboxylic acids is 3. The number of alkyl halides is 2. The molecule has 14 nitrogen and oxygen atoms in total. The molecule has 3 saturated heterocycles. The van der Waals surface area contributed by atoms with Crippen molar-refractivity contribution in [3.63, 3.8) is 0 Å². The van der Waals surface area contributed by atoms with Crippen molar-refractivity contribution >= 4 is 40.8 Å². The van der Waals surface area contributed by atoms with E-state index in [0.717, 1.165) is 45.6 Å². The van der Waals surface area contributed by atoms with E-state index in [-0.39, 0.29) is 51.8 Å². The minimum absolute atomic E-state index is 0.0668. The number of nitrogens with one attached hydrogen (secondary N) is 1. The SMILES string of the molecule is CN(C)C(=O)N1CCC(CN2CC3CN(C(=O)Cn4cc(NC(=O)c5cnn6cccnc56)c(-c5cc(Cl)ccc5OC(F)F)n4)CC3C2)CC1. The van der Waals surface area contributed by atoms with Crippen LogP contribution in [0.5, 0.6) is 5.75 Å². The molecule has 4 amide bonds.